The number of nitrogens with zero attached hydrogens (tertiary/aromatic N) is 1. The molecule has 27 heavy (non-hydrogen) atoms. The van der Waals surface area contributed by atoms with Crippen LogP contribution >= 0.6 is 22.7 Å². The molecule has 140 valence electrons. The molecule has 0 bridgehead atoms. The van der Waals surface area contributed by atoms with Gasteiger partial charge in [-0.2, -0.15) is 0 Å². The molecule has 6 heteroatoms. The number of methoxy groups -OCH3 is 2. The first-order valence-electron chi connectivity index (χ1n) is 8.81. The number of benzene rings is 1. The van der Waals surface area contributed by atoms with Gasteiger partial charge in [-0.3, -0.25) is 4.79 Å². The Bertz CT molecular complexity index is 919. The molecule has 1 aliphatic rings. The van der Waals surface area contributed by atoms with Crippen molar-refractivity contribution in [2.75, 3.05) is 20.8 Å². The van der Waals surface area contributed by atoms with Crippen molar-refractivity contribution in [2.45, 2.75) is 18.9 Å². The summed E-state index contributed by atoms with van der Waals surface area (Å²) in [5.41, 5.74) is 2.34. The van der Waals surface area contributed by atoms with E-state index in [0.717, 1.165) is 22.6 Å². The number of carbonyl (C=O) groups excluding carboxylic acids is 1. The van der Waals surface area contributed by atoms with E-state index < -0.39 is 0 Å². The van der Waals surface area contributed by atoms with Gasteiger partial charge in [-0.05, 0) is 52.6 Å². The minimum Gasteiger partial charge on any atom is -0.493 e. The van der Waals surface area contributed by atoms with Gasteiger partial charge in [-0.1, -0.05) is 12.1 Å². The normalized spacial score (nSPS) is 16.1. The molecule has 1 atom stereocenters. The van der Waals surface area contributed by atoms with E-state index in [4.69, 9.17) is 9.47 Å². The highest BCUT2D eigenvalue weighted by Crippen LogP contribution is 2.42. The number of ether oxygens (including phenoxy) is 2. The molecule has 4 rings (SSSR count). The van der Waals surface area contributed by atoms with E-state index in [2.05, 4.69) is 17.5 Å². The molecule has 0 saturated heterocycles. The lowest BCUT2D eigenvalue weighted by molar-refractivity contribution is -0.132. The number of fused-ring (bicyclic) bond motifs is 1. The predicted molar refractivity (Wildman–Crippen MR) is 109 cm³/mol. The van der Waals surface area contributed by atoms with Gasteiger partial charge in [0.2, 0.25) is 5.91 Å². The molecule has 0 spiro atoms. The maximum Gasteiger partial charge on any atom is 0.228 e. The van der Waals surface area contributed by atoms with Crippen LogP contribution in [0.15, 0.2) is 47.2 Å². The van der Waals surface area contributed by atoms with Crippen LogP contribution in [0.1, 0.15) is 26.9 Å². The van der Waals surface area contributed by atoms with Crippen molar-refractivity contribution in [3.63, 3.8) is 0 Å². The maximum absolute atomic E-state index is 13.1. The molecule has 1 aromatic carbocycles. The van der Waals surface area contributed by atoms with Gasteiger partial charge in [0.25, 0.3) is 0 Å². The molecule has 1 amide bonds. The molecular weight excluding hydrogens is 378 g/mol. The van der Waals surface area contributed by atoms with Gasteiger partial charge < -0.3 is 14.4 Å². The van der Waals surface area contributed by atoms with Gasteiger partial charge in [-0.25, -0.2) is 0 Å². The summed E-state index contributed by atoms with van der Waals surface area (Å²) in [6, 6.07) is 12.2. The van der Waals surface area contributed by atoms with Crippen LogP contribution in [0.25, 0.3) is 0 Å². The van der Waals surface area contributed by atoms with Crippen molar-refractivity contribution in [1.82, 2.24) is 4.90 Å². The van der Waals surface area contributed by atoms with Gasteiger partial charge >= 0.3 is 0 Å². The largest absolute Gasteiger partial charge is 0.493 e. The number of amides is 1. The molecule has 0 radical (unpaired) electrons. The highest BCUT2D eigenvalue weighted by atomic mass is 32.1. The number of rotatable bonds is 5. The van der Waals surface area contributed by atoms with Crippen LogP contribution in [-0.4, -0.2) is 31.6 Å². The lowest BCUT2D eigenvalue weighted by Crippen LogP contribution is -2.41. The number of carbonyl (C=O) groups is 1. The zero-order valence-corrected chi connectivity index (χ0v) is 16.9. The Morgan fingerprint density at radius 3 is 2.52 bits per heavy atom. The summed E-state index contributed by atoms with van der Waals surface area (Å²) >= 11 is 3.31. The van der Waals surface area contributed by atoms with Crippen LogP contribution in [0.4, 0.5) is 0 Å². The molecule has 2 aromatic heterocycles. The van der Waals surface area contributed by atoms with Gasteiger partial charge in [0.1, 0.15) is 0 Å². The maximum atomic E-state index is 13.1. The summed E-state index contributed by atoms with van der Waals surface area (Å²) in [6.45, 7) is 0.704. The Kier molecular flexibility index (Phi) is 5.18. The Morgan fingerprint density at radius 1 is 1.11 bits per heavy atom. The summed E-state index contributed by atoms with van der Waals surface area (Å²) in [6.07, 6.45) is 1.26. The predicted octanol–water partition coefficient (Wildman–Crippen LogP) is 4.54. The monoisotopic (exact) mass is 399 g/mol. The topological polar surface area (TPSA) is 38.8 Å². The van der Waals surface area contributed by atoms with E-state index in [1.807, 2.05) is 34.5 Å². The van der Waals surface area contributed by atoms with Crippen LogP contribution in [-0.2, 0) is 17.6 Å². The Balaban J connectivity index is 1.75. The second-order valence-electron chi connectivity index (χ2n) is 6.42. The van der Waals surface area contributed by atoms with Crippen LogP contribution < -0.4 is 9.47 Å². The summed E-state index contributed by atoms with van der Waals surface area (Å²) < 4.78 is 11.0. The smallest absolute Gasteiger partial charge is 0.228 e. The van der Waals surface area contributed by atoms with Crippen molar-refractivity contribution in [3.8, 4) is 11.5 Å². The fraction of sp³-hybridized carbons (Fsp3) is 0.286. The zero-order chi connectivity index (χ0) is 18.8. The fourth-order valence-corrected chi connectivity index (χ4v) is 5.18. The summed E-state index contributed by atoms with van der Waals surface area (Å²) in [7, 11) is 3.30. The molecule has 0 saturated carbocycles. The Morgan fingerprint density at radius 2 is 1.85 bits per heavy atom. The van der Waals surface area contributed by atoms with E-state index in [0.29, 0.717) is 18.7 Å². The highest BCUT2D eigenvalue weighted by molar-refractivity contribution is 7.10. The SMILES string of the molecule is COc1cc2c(cc1OC)[C@@H](c1cccs1)N(C(=O)Cc1cccs1)CC2. The first-order chi connectivity index (χ1) is 13.2. The average molecular weight is 400 g/mol. The lowest BCUT2D eigenvalue weighted by Gasteiger charge is -2.37. The van der Waals surface area contributed by atoms with E-state index in [-0.39, 0.29) is 11.9 Å². The van der Waals surface area contributed by atoms with Crippen molar-refractivity contribution < 1.29 is 14.3 Å². The summed E-state index contributed by atoms with van der Waals surface area (Å²) in [5, 5.41) is 4.08. The van der Waals surface area contributed by atoms with Crippen molar-refractivity contribution >= 4 is 28.6 Å². The first kappa shape index (κ1) is 18.1. The Hall–Kier alpha value is -2.31. The molecule has 3 heterocycles. The van der Waals surface area contributed by atoms with Crippen molar-refractivity contribution in [1.29, 1.82) is 0 Å². The van der Waals surface area contributed by atoms with E-state index in [1.54, 1.807) is 36.9 Å². The van der Waals surface area contributed by atoms with E-state index >= 15 is 0 Å². The number of hydrogen-bond acceptors (Lipinski definition) is 5. The molecule has 1 aliphatic heterocycles. The molecule has 3 aromatic rings. The second-order valence-corrected chi connectivity index (χ2v) is 8.43. The van der Waals surface area contributed by atoms with Crippen LogP contribution in [0, 0.1) is 0 Å². The molecule has 0 unspecified atom stereocenters. The average Bonchev–Trinajstić information content (AvgIpc) is 3.39. The van der Waals surface area contributed by atoms with Gasteiger partial charge in [0, 0.05) is 16.3 Å². The van der Waals surface area contributed by atoms with Gasteiger partial charge in [-0.15, -0.1) is 22.7 Å². The third kappa shape index (κ3) is 3.47. The quantitative estimate of drug-likeness (QED) is 0.632. The van der Waals surface area contributed by atoms with Gasteiger partial charge in [0.05, 0.1) is 26.7 Å². The molecule has 4 nitrogen and oxygen atoms in total. The molecule has 0 aliphatic carbocycles. The third-order valence-electron chi connectivity index (χ3n) is 4.91. The lowest BCUT2D eigenvalue weighted by atomic mass is 9.90. The standard InChI is InChI=1S/C21H21NO3S2/c1-24-17-11-14-7-8-22(20(23)12-15-5-3-9-26-15)21(19-6-4-10-27-19)16(14)13-18(17)25-2/h3-6,9-11,13,21H,7-8,12H2,1-2H3/t21-/m0/s1. The van der Waals surface area contributed by atoms with Gasteiger partial charge in [0.15, 0.2) is 11.5 Å². The number of thiophene rings is 2. The van der Waals surface area contributed by atoms with Crippen LogP contribution in [0.2, 0.25) is 0 Å². The molecular formula is C21H21NO3S2. The minimum atomic E-state index is -0.0824. The van der Waals surface area contributed by atoms with Crippen LogP contribution in [0.5, 0.6) is 11.5 Å². The zero-order valence-electron chi connectivity index (χ0n) is 15.3. The first-order valence-corrected chi connectivity index (χ1v) is 10.6. The third-order valence-corrected chi connectivity index (χ3v) is 6.71. The Labute approximate surface area is 167 Å². The molecule has 0 fully saturated rings. The highest BCUT2D eigenvalue weighted by Gasteiger charge is 2.33. The summed E-state index contributed by atoms with van der Waals surface area (Å²) in [4.78, 5) is 17.4. The van der Waals surface area contributed by atoms with Crippen LogP contribution in [0.3, 0.4) is 0 Å². The second kappa shape index (κ2) is 7.74. The number of hydrogen-bond donors (Lipinski definition) is 0. The van der Waals surface area contributed by atoms with Crippen molar-refractivity contribution in [2.24, 2.45) is 0 Å². The van der Waals surface area contributed by atoms with E-state index in [1.165, 1.54) is 10.4 Å². The van der Waals surface area contributed by atoms with Crippen molar-refractivity contribution in [3.05, 3.63) is 68.0 Å². The minimum absolute atomic E-state index is 0.0824. The molecule has 0 N–H and O–H groups in total. The van der Waals surface area contributed by atoms with E-state index in [9.17, 15) is 4.79 Å². The summed E-state index contributed by atoms with van der Waals surface area (Å²) in [5.74, 6) is 1.60. The fourth-order valence-electron chi connectivity index (χ4n) is 3.63.